The van der Waals surface area contributed by atoms with Gasteiger partial charge in [-0.25, -0.2) is 18.2 Å². The lowest BCUT2D eigenvalue weighted by Gasteiger charge is -2.17. The Hall–Kier alpha value is -4.51. The van der Waals surface area contributed by atoms with Crippen LogP contribution in [0.15, 0.2) is 111 Å². The molecular weight excluding hydrogens is 642 g/mol. The standard InChI is InChI=1S/C35H30ClN3O5S2/c1-22(46(3,42)43)15-25(18-37-2)24-16-26(33(32(36)17-24)45-34-23(20-40)9-8-14-38-34)19-39-35(41)44-21-31-29-12-6-4-10-27(29)28-11-5-7-13-30(28)31/h4-18,20,31H,2,19,21H2,1,3H3,(H,39,41)/b22-15+,25-18+. The van der Waals surface area contributed by atoms with Crippen molar-refractivity contribution in [3.63, 3.8) is 0 Å². The minimum atomic E-state index is -3.47. The summed E-state index contributed by atoms with van der Waals surface area (Å²) in [5.74, 6) is -0.100. The van der Waals surface area contributed by atoms with Crippen molar-refractivity contribution >= 4 is 57.9 Å². The van der Waals surface area contributed by atoms with Gasteiger partial charge in [-0.05, 0) is 77.4 Å². The van der Waals surface area contributed by atoms with Crippen LogP contribution in [-0.2, 0) is 21.1 Å². The fraction of sp³-hybridized carbons (Fsp3) is 0.143. The SMILES string of the molecule is C=N/C=C(\C=C(/C)S(C)(=O)=O)c1cc(Cl)c(Sc2ncccc2C=O)c(CNC(=O)OCC2c3ccccc3-c3ccccc32)c1. The highest BCUT2D eigenvalue weighted by Crippen LogP contribution is 2.44. The number of amides is 1. The third-order valence-electron chi connectivity index (χ3n) is 7.52. The van der Waals surface area contributed by atoms with E-state index < -0.39 is 15.9 Å². The molecule has 0 atom stereocenters. The number of aromatic nitrogens is 1. The van der Waals surface area contributed by atoms with E-state index in [4.69, 9.17) is 16.3 Å². The molecule has 5 rings (SSSR count). The summed E-state index contributed by atoms with van der Waals surface area (Å²) >= 11 is 8.00. The van der Waals surface area contributed by atoms with Crippen molar-refractivity contribution in [2.45, 2.75) is 29.3 Å². The lowest BCUT2D eigenvalue weighted by molar-refractivity contribution is 0.112. The van der Waals surface area contributed by atoms with Gasteiger partial charge < -0.3 is 10.1 Å². The van der Waals surface area contributed by atoms with Crippen molar-refractivity contribution in [2.75, 3.05) is 12.9 Å². The predicted octanol–water partition coefficient (Wildman–Crippen LogP) is 7.73. The highest BCUT2D eigenvalue weighted by molar-refractivity contribution is 7.99. The number of alkyl carbamates (subject to hydrolysis) is 1. The van der Waals surface area contributed by atoms with E-state index in [-0.39, 0.29) is 24.0 Å². The molecule has 1 aromatic heterocycles. The van der Waals surface area contributed by atoms with E-state index in [0.717, 1.165) is 28.5 Å². The second kappa shape index (κ2) is 14.3. The second-order valence-electron chi connectivity index (χ2n) is 10.5. The summed E-state index contributed by atoms with van der Waals surface area (Å²) in [6.07, 6.45) is 5.68. The Kier molecular flexibility index (Phi) is 10.2. The molecule has 0 spiro atoms. The molecule has 234 valence electrons. The van der Waals surface area contributed by atoms with Gasteiger partial charge in [-0.2, -0.15) is 0 Å². The van der Waals surface area contributed by atoms with E-state index in [0.29, 0.717) is 43.5 Å². The van der Waals surface area contributed by atoms with Crippen molar-refractivity contribution in [1.29, 1.82) is 0 Å². The molecule has 1 aliphatic carbocycles. The number of hydrogen-bond acceptors (Lipinski definition) is 8. The van der Waals surface area contributed by atoms with Crippen LogP contribution in [0, 0.1) is 0 Å². The van der Waals surface area contributed by atoms with Gasteiger partial charge in [-0.15, -0.1) is 0 Å². The number of rotatable bonds is 11. The monoisotopic (exact) mass is 671 g/mol. The number of halogens is 1. The topological polar surface area (TPSA) is 115 Å². The molecule has 46 heavy (non-hydrogen) atoms. The van der Waals surface area contributed by atoms with Crippen molar-refractivity contribution in [2.24, 2.45) is 4.99 Å². The number of hydrogen-bond donors (Lipinski definition) is 1. The zero-order chi connectivity index (χ0) is 32.8. The van der Waals surface area contributed by atoms with Gasteiger partial charge in [-0.3, -0.25) is 9.79 Å². The van der Waals surface area contributed by atoms with Gasteiger partial charge in [0.15, 0.2) is 16.1 Å². The van der Waals surface area contributed by atoms with Crippen molar-refractivity contribution in [3.8, 4) is 11.1 Å². The number of pyridine rings is 1. The second-order valence-corrected chi connectivity index (χ2v) is 14.1. The molecule has 0 aliphatic heterocycles. The number of nitrogens with zero attached hydrogens (tertiary/aromatic N) is 2. The van der Waals surface area contributed by atoms with Crippen LogP contribution in [0.4, 0.5) is 4.79 Å². The van der Waals surface area contributed by atoms with E-state index >= 15 is 0 Å². The quantitative estimate of drug-likeness (QED) is 0.0986. The summed E-state index contributed by atoms with van der Waals surface area (Å²) in [7, 11) is -3.47. The number of ether oxygens (including phenoxy) is 1. The number of carbonyl (C=O) groups is 2. The Labute approximate surface area is 277 Å². The first-order valence-electron chi connectivity index (χ1n) is 14.1. The number of aliphatic imine (C=N–C) groups is 1. The molecule has 8 nitrogen and oxygen atoms in total. The van der Waals surface area contributed by atoms with Crippen molar-refractivity contribution in [3.05, 3.63) is 129 Å². The lowest BCUT2D eigenvalue weighted by Crippen LogP contribution is -2.26. The van der Waals surface area contributed by atoms with Gasteiger partial charge >= 0.3 is 6.09 Å². The number of fused-ring (bicyclic) bond motifs is 3. The highest BCUT2D eigenvalue weighted by atomic mass is 35.5. The molecule has 1 N–H and O–H groups in total. The highest BCUT2D eigenvalue weighted by Gasteiger charge is 2.29. The Morgan fingerprint density at radius 1 is 1.09 bits per heavy atom. The Morgan fingerprint density at radius 2 is 1.76 bits per heavy atom. The summed E-state index contributed by atoms with van der Waals surface area (Å²) in [6.45, 7) is 5.16. The van der Waals surface area contributed by atoms with Crippen LogP contribution in [0.5, 0.6) is 0 Å². The fourth-order valence-corrected chi connectivity index (χ4v) is 6.83. The number of carbonyl (C=O) groups excluding carboxylic acids is 2. The summed E-state index contributed by atoms with van der Waals surface area (Å²) in [6, 6.07) is 22.9. The normalized spacial score (nSPS) is 13.1. The largest absolute Gasteiger partial charge is 0.449 e. The average Bonchev–Trinajstić information content (AvgIpc) is 3.37. The molecule has 4 aromatic rings. The molecule has 1 amide bonds. The molecule has 11 heteroatoms. The van der Waals surface area contributed by atoms with Gasteiger partial charge in [0, 0.05) is 52.1 Å². The molecule has 0 unspecified atom stereocenters. The third-order valence-corrected chi connectivity index (χ3v) is 10.4. The minimum absolute atomic E-state index is 0.0133. The lowest BCUT2D eigenvalue weighted by atomic mass is 9.98. The van der Waals surface area contributed by atoms with E-state index in [1.165, 1.54) is 31.0 Å². The predicted molar refractivity (Wildman–Crippen MR) is 183 cm³/mol. The first kappa shape index (κ1) is 32.9. The maximum Gasteiger partial charge on any atom is 0.407 e. The van der Waals surface area contributed by atoms with Crippen LogP contribution >= 0.6 is 23.4 Å². The zero-order valence-electron chi connectivity index (χ0n) is 25.1. The van der Waals surface area contributed by atoms with Crippen LogP contribution in [0.1, 0.15) is 45.5 Å². The van der Waals surface area contributed by atoms with Gasteiger partial charge in [0.25, 0.3) is 0 Å². The first-order valence-corrected chi connectivity index (χ1v) is 17.2. The number of nitrogens with one attached hydrogen (secondary N) is 1. The summed E-state index contributed by atoms with van der Waals surface area (Å²) in [5, 5.41) is 3.56. The van der Waals surface area contributed by atoms with Crippen LogP contribution in [0.3, 0.4) is 0 Å². The summed E-state index contributed by atoms with van der Waals surface area (Å²) in [5.41, 5.74) is 6.42. The average molecular weight is 672 g/mol. The summed E-state index contributed by atoms with van der Waals surface area (Å²) in [4.78, 5) is 33.7. The molecule has 0 fully saturated rings. The van der Waals surface area contributed by atoms with E-state index in [1.807, 2.05) is 36.4 Å². The van der Waals surface area contributed by atoms with Gasteiger partial charge in [0.2, 0.25) is 0 Å². The molecule has 3 aromatic carbocycles. The van der Waals surface area contributed by atoms with Crippen LogP contribution < -0.4 is 5.32 Å². The fourth-order valence-electron chi connectivity index (χ4n) is 5.17. The third kappa shape index (κ3) is 7.31. The van der Waals surface area contributed by atoms with Crippen LogP contribution in [0.2, 0.25) is 5.02 Å². The number of aldehydes is 1. The van der Waals surface area contributed by atoms with E-state index in [9.17, 15) is 18.0 Å². The van der Waals surface area contributed by atoms with E-state index in [1.54, 1.807) is 30.5 Å². The molecule has 0 saturated heterocycles. The van der Waals surface area contributed by atoms with Gasteiger partial charge in [-0.1, -0.05) is 71.9 Å². The first-order chi connectivity index (χ1) is 22.1. The van der Waals surface area contributed by atoms with Gasteiger partial charge in [0.1, 0.15) is 11.6 Å². The summed E-state index contributed by atoms with van der Waals surface area (Å²) < 4.78 is 30.0. The van der Waals surface area contributed by atoms with Crippen LogP contribution in [0.25, 0.3) is 16.7 Å². The molecule has 0 radical (unpaired) electrons. The van der Waals surface area contributed by atoms with Gasteiger partial charge in [0.05, 0.1) is 5.02 Å². The maximum atomic E-state index is 13.1. The van der Waals surface area contributed by atoms with Crippen molar-refractivity contribution in [1.82, 2.24) is 10.3 Å². The number of sulfone groups is 1. The van der Waals surface area contributed by atoms with Crippen LogP contribution in [-0.4, -0.2) is 45.4 Å². The molecular formula is C35H30ClN3O5S2. The van der Waals surface area contributed by atoms with E-state index in [2.05, 4.69) is 34.1 Å². The van der Waals surface area contributed by atoms with Crippen molar-refractivity contribution < 1.29 is 22.7 Å². The number of allylic oxidation sites excluding steroid dienone is 3. The Balaban J connectivity index is 1.43. The Bertz CT molecular complexity index is 1960. The molecule has 0 saturated carbocycles. The maximum absolute atomic E-state index is 13.1. The zero-order valence-corrected chi connectivity index (χ0v) is 27.5. The minimum Gasteiger partial charge on any atom is -0.449 e. The smallest absolute Gasteiger partial charge is 0.407 e. The molecule has 1 heterocycles. The Morgan fingerprint density at radius 3 is 2.39 bits per heavy atom. The molecule has 1 aliphatic rings. The number of benzene rings is 3. The molecule has 0 bridgehead atoms.